The van der Waals surface area contributed by atoms with E-state index in [1.807, 2.05) is 6.07 Å². The second kappa shape index (κ2) is 4.75. The van der Waals surface area contributed by atoms with E-state index in [4.69, 9.17) is 14.7 Å². The number of nitrogens with zero attached hydrogens (tertiary/aromatic N) is 2. The monoisotopic (exact) mass is 340 g/mol. The Morgan fingerprint density at radius 2 is 1.88 bits per heavy atom. The van der Waals surface area contributed by atoms with Crippen LogP contribution >= 0.6 is 22.6 Å². The highest BCUT2D eigenvalue weighted by Crippen LogP contribution is 2.33. The van der Waals surface area contributed by atoms with E-state index in [1.165, 1.54) is 0 Å². The molecule has 1 aromatic carbocycles. The Bertz CT molecular complexity index is 620. The lowest BCUT2D eigenvalue weighted by molar-refractivity contribution is 0.356. The summed E-state index contributed by atoms with van der Waals surface area (Å²) in [4.78, 5) is 4.23. The van der Waals surface area contributed by atoms with Crippen molar-refractivity contribution in [2.24, 2.45) is 0 Å². The van der Waals surface area contributed by atoms with E-state index in [0.717, 1.165) is 14.5 Å². The highest BCUT2D eigenvalue weighted by Gasteiger charge is 2.11. The van der Waals surface area contributed by atoms with E-state index in [2.05, 4.69) is 33.6 Å². The van der Waals surface area contributed by atoms with Gasteiger partial charge in [-0.1, -0.05) is 0 Å². The quantitative estimate of drug-likeness (QED) is 0.789. The van der Waals surface area contributed by atoms with Gasteiger partial charge in [0.2, 0.25) is 0 Å². The minimum absolute atomic E-state index is 0.560. The molecule has 0 atom stereocenters. The third-order valence-electron chi connectivity index (χ3n) is 2.43. The molecule has 0 aliphatic heterocycles. The molecule has 0 saturated carbocycles. The molecular formula is C12H9IN2O2. The number of nitriles is 1. The van der Waals surface area contributed by atoms with Crippen molar-refractivity contribution in [3.63, 3.8) is 0 Å². The maximum absolute atomic E-state index is 8.95. The van der Waals surface area contributed by atoms with Crippen LogP contribution in [0.1, 0.15) is 5.56 Å². The van der Waals surface area contributed by atoms with Crippen LogP contribution in [0.15, 0.2) is 18.3 Å². The van der Waals surface area contributed by atoms with Gasteiger partial charge in [0.05, 0.1) is 25.3 Å². The van der Waals surface area contributed by atoms with Crippen LogP contribution in [-0.2, 0) is 0 Å². The van der Waals surface area contributed by atoms with Crippen molar-refractivity contribution in [1.29, 1.82) is 5.26 Å². The molecule has 0 spiro atoms. The Hall–Kier alpha value is -1.55. The standard InChI is InChI=1S/C12H9IN2O2/c1-16-10-3-8-9(4-11(10)17-2)15-6-7(5-14)12(8)13/h3-4,6H,1-2H3. The van der Waals surface area contributed by atoms with Crippen LogP contribution in [0.25, 0.3) is 10.9 Å². The minimum atomic E-state index is 0.560. The summed E-state index contributed by atoms with van der Waals surface area (Å²) >= 11 is 2.14. The maximum Gasteiger partial charge on any atom is 0.162 e. The van der Waals surface area contributed by atoms with E-state index in [0.29, 0.717) is 17.1 Å². The largest absolute Gasteiger partial charge is 0.493 e. The summed E-state index contributed by atoms with van der Waals surface area (Å²) in [7, 11) is 3.16. The van der Waals surface area contributed by atoms with Crippen molar-refractivity contribution < 1.29 is 9.47 Å². The van der Waals surface area contributed by atoms with Crippen molar-refractivity contribution in [3.05, 3.63) is 27.5 Å². The van der Waals surface area contributed by atoms with Crippen LogP contribution in [0, 0.1) is 14.9 Å². The molecule has 0 aliphatic carbocycles. The summed E-state index contributed by atoms with van der Waals surface area (Å²) in [6.45, 7) is 0. The van der Waals surface area contributed by atoms with Crippen molar-refractivity contribution in [2.75, 3.05) is 14.2 Å². The maximum atomic E-state index is 8.95. The van der Waals surface area contributed by atoms with Crippen molar-refractivity contribution in [3.8, 4) is 17.6 Å². The molecule has 0 aliphatic rings. The Morgan fingerprint density at radius 3 is 2.47 bits per heavy atom. The SMILES string of the molecule is COc1cc2ncc(C#N)c(I)c2cc1OC. The fraction of sp³-hybridized carbons (Fsp3) is 0.167. The van der Waals surface area contributed by atoms with Gasteiger partial charge in [0.15, 0.2) is 11.5 Å². The first-order valence-corrected chi connectivity index (χ1v) is 5.89. The molecule has 0 amide bonds. The van der Waals surface area contributed by atoms with Gasteiger partial charge in [-0.15, -0.1) is 0 Å². The molecule has 1 aromatic heterocycles. The zero-order valence-electron chi connectivity index (χ0n) is 9.32. The number of hydrogen-bond acceptors (Lipinski definition) is 4. The molecular weight excluding hydrogens is 331 g/mol. The lowest BCUT2D eigenvalue weighted by atomic mass is 10.1. The van der Waals surface area contributed by atoms with Gasteiger partial charge < -0.3 is 9.47 Å². The summed E-state index contributed by atoms with van der Waals surface area (Å²) in [5.74, 6) is 1.27. The molecule has 0 N–H and O–H groups in total. The van der Waals surface area contributed by atoms with E-state index in [-0.39, 0.29) is 0 Å². The highest BCUT2D eigenvalue weighted by molar-refractivity contribution is 14.1. The zero-order chi connectivity index (χ0) is 12.4. The molecule has 17 heavy (non-hydrogen) atoms. The second-order valence-corrected chi connectivity index (χ2v) is 4.40. The Kier molecular flexibility index (Phi) is 3.33. The number of aromatic nitrogens is 1. The van der Waals surface area contributed by atoms with Crippen molar-refractivity contribution in [1.82, 2.24) is 4.98 Å². The number of fused-ring (bicyclic) bond motifs is 1. The topological polar surface area (TPSA) is 55.1 Å². The van der Waals surface area contributed by atoms with E-state index in [1.54, 1.807) is 26.5 Å². The first-order chi connectivity index (χ1) is 8.21. The molecule has 1 heterocycles. The van der Waals surface area contributed by atoms with Gasteiger partial charge in [-0.2, -0.15) is 5.26 Å². The fourth-order valence-electron chi connectivity index (χ4n) is 1.56. The summed E-state index contributed by atoms with van der Waals surface area (Å²) in [6.07, 6.45) is 1.57. The average Bonchev–Trinajstić information content (AvgIpc) is 2.38. The number of halogens is 1. The number of pyridine rings is 1. The lowest BCUT2D eigenvalue weighted by Gasteiger charge is -2.09. The molecule has 4 nitrogen and oxygen atoms in total. The van der Waals surface area contributed by atoms with Gasteiger partial charge in [-0.25, -0.2) is 0 Å². The second-order valence-electron chi connectivity index (χ2n) is 3.32. The normalized spacial score (nSPS) is 10.0. The smallest absolute Gasteiger partial charge is 0.162 e. The van der Waals surface area contributed by atoms with Gasteiger partial charge >= 0.3 is 0 Å². The third kappa shape index (κ3) is 2.00. The summed E-state index contributed by atoms with van der Waals surface area (Å²) in [6, 6.07) is 5.75. The van der Waals surface area contributed by atoms with Gasteiger partial charge in [0.25, 0.3) is 0 Å². The van der Waals surface area contributed by atoms with E-state index in [9.17, 15) is 0 Å². The number of methoxy groups -OCH3 is 2. The molecule has 0 fully saturated rings. The van der Waals surface area contributed by atoms with E-state index < -0.39 is 0 Å². The predicted molar refractivity (Wildman–Crippen MR) is 72.3 cm³/mol. The number of hydrogen-bond donors (Lipinski definition) is 0. The molecule has 5 heteroatoms. The van der Waals surface area contributed by atoms with Crippen molar-refractivity contribution in [2.45, 2.75) is 0 Å². The molecule has 0 unspecified atom stereocenters. The van der Waals surface area contributed by atoms with Gasteiger partial charge in [0, 0.05) is 21.2 Å². The van der Waals surface area contributed by atoms with Gasteiger partial charge in [-0.3, -0.25) is 4.98 Å². The Balaban J connectivity index is 2.80. The fourth-order valence-corrected chi connectivity index (χ4v) is 2.26. The molecule has 0 bridgehead atoms. The Morgan fingerprint density at radius 1 is 1.24 bits per heavy atom. The van der Waals surface area contributed by atoms with Crippen molar-refractivity contribution >= 4 is 33.5 Å². The molecule has 0 radical (unpaired) electrons. The summed E-state index contributed by atoms with van der Waals surface area (Å²) < 4.78 is 11.3. The van der Waals surface area contributed by atoms with Crippen LogP contribution in [-0.4, -0.2) is 19.2 Å². The molecule has 2 rings (SSSR count). The number of rotatable bonds is 2. The molecule has 86 valence electrons. The predicted octanol–water partition coefficient (Wildman–Crippen LogP) is 2.73. The van der Waals surface area contributed by atoms with Crippen LogP contribution in [0.2, 0.25) is 0 Å². The molecule has 2 aromatic rings. The van der Waals surface area contributed by atoms with Gasteiger partial charge in [0.1, 0.15) is 6.07 Å². The van der Waals surface area contributed by atoms with Crippen LogP contribution in [0.5, 0.6) is 11.5 Å². The Labute approximate surface area is 112 Å². The third-order valence-corrected chi connectivity index (χ3v) is 3.59. The molecule has 0 saturated heterocycles. The summed E-state index contributed by atoms with van der Waals surface area (Å²) in [5.41, 5.74) is 1.34. The minimum Gasteiger partial charge on any atom is -0.493 e. The number of benzene rings is 1. The van der Waals surface area contributed by atoms with Crippen LogP contribution in [0.4, 0.5) is 0 Å². The first kappa shape index (κ1) is 11.9. The number of ether oxygens (including phenoxy) is 2. The summed E-state index contributed by atoms with van der Waals surface area (Å²) in [5, 5.41) is 9.85. The lowest BCUT2D eigenvalue weighted by Crippen LogP contribution is -1.94. The van der Waals surface area contributed by atoms with Crippen LogP contribution < -0.4 is 9.47 Å². The van der Waals surface area contributed by atoms with Gasteiger partial charge in [-0.05, 0) is 28.7 Å². The zero-order valence-corrected chi connectivity index (χ0v) is 11.5. The first-order valence-electron chi connectivity index (χ1n) is 4.81. The highest BCUT2D eigenvalue weighted by atomic mass is 127. The average molecular weight is 340 g/mol. The van der Waals surface area contributed by atoms with E-state index >= 15 is 0 Å². The van der Waals surface area contributed by atoms with Crippen LogP contribution in [0.3, 0.4) is 0 Å².